The molecule has 27 heavy (non-hydrogen) atoms. The number of para-hydroxylation sites is 1. The Labute approximate surface area is 158 Å². The van der Waals surface area contributed by atoms with Crippen LogP contribution in [0, 0.1) is 6.92 Å². The third-order valence-electron chi connectivity index (χ3n) is 4.21. The maximum absolute atomic E-state index is 12.9. The van der Waals surface area contributed by atoms with E-state index in [0.717, 1.165) is 12.8 Å². The van der Waals surface area contributed by atoms with Crippen LogP contribution in [0.1, 0.15) is 69.2 Å². The maximum Gasteiger partial charge on any atom is 0.273 e. The standard InChI is InChI=1S/C20H25N3O4/c1-4-8-16-15(12-24)13(3)18(19(21)25)23(16)22-20(26)14-9-6-7-10-17(14)27-11-5-2/h6-7,9-10,12H,4-5,8,11H2,1-3H3,(H2,21,25)(H,22,26). The SMILES string of the molecule is CCCOc1ccccc1C(=O)Nn1c(CCC)c(C=O)c(C)c1C(N)=O. The van der Waals surface area contributed by atoms with Gasteiger partial charge in [0.15, 0.2) is 6.29 Å². The second-order valence-electron chi connectivity index (χ2n) is 6.19. The van der Waals surface area contributed by atoms with Gasteiger partial charge >= 0.3 is 0 Å². The van der Waals surface area contributed by atoms with Crippen molar-refractivity contribution >= 4 is 18.1 Å². The first-order valence-corrected chi connectivity index (χ1v) is 8.98. The second-order valence-corrected chi connectivity index (χ2v) is 6.19. The quantitative estimate of drug-likeness (QED) is 0.662. The van der Waals surface area contributed by atoms with Crippen molar-refractivity contribution in [3.8, 4) is 5.75 Å². The molecule has 1 heterocycles. The highest BCUT2D eigenvalue weighted by Gasteiger charge is 2.25. The highest BCUT2D eigenvalue weighted by atomic mass is 16.5. The Balaban J connectivity index is 2.49. The zero-order valence-electron chi connectivity index (χ0n) is 15.9. The predicted molar refractivity (Wildman–Crippen MR) is 103 cm³/mol. The minimum atomic E-state index is -0.714. The lowest BCUT2D eigenvalue weighted by atomic mass is 10.1. The van der Waals surface area contributed by atoms with Gasteiger partial charge in [-0.05, 0) is 37.5 Å². The molecule has 3 N–H and O–H groups in total. The summed E-state index contributed by atoms with van der Waals surface area (Å²) in [6, 6.07) is 6.86. The predicted octanol–water partition coefficient (Wildman–Crippen LogP) is 2.83. The molecule has 2 amide bonds. The number of ether oxygens (including phenoxy) is 1. The molecule has 0 unspecified atom stereocenters. The van der Waals surface area contributed by atoms with Crippen LogP contribution in [0.2, 0.25) is 0 Å². The lowest BCUT2D eigenvalue weighted by molar-refractivity contribution is 0.0985. The van der Waals surface area contributed by atoms with Crippen molar-refractivity contribution in [3.05, 3.63) is 52.3 Å². The van der Waals surface area contributed by atoms with Gasteiger partial charge in [-0.2, -0.15) is 0 Å². The molecule has 1 aromatic carbocycles. The fraction of sp³-hybridized carbons (Fsp3) is 0.350. The maximum atomic E-state index is 12.9. The summed E-state index contributed by atoms with van der Waals surface area (Å²) < 4.78 is 6.97. The van der Waals surface area contributed by atoms with Gasteiger partial charge in [0.05, 0.1) is 17.9 Å². The van der Waals surface area contributed by atoms with E-state index in [4.69, 9.17) is 10.5 Å². The number of aromatic nitrogens is 1. The average Bonchev–Trinajstić information content (AvgIpc) is 2.91. The third-order valence-corrected chi connectivity index (χ3v) is 4.21. The summed E-state index contributed by atoms with van der Waals surface area (Å²) in [7, 11) is 0. The van der Waals surface area contributed by atoms with Gasteiger partial charge in [-0.1, -0.05) is 32.4 Å². The van der Waals surface area contributed by atoms with Crippen molar-refractivity contribution in [1.29, 1.82) is 0 Å². The first-order valence-electron chi connectivity index (χ1n) is 8.98. The van der Waals surface area contributed by atoms with E-state index in [1.165, 1.54) is 4.68 Å². The smallest absolute Gasteiger partial charge is 0.273 e. The number of hydrogen-bond donors (Lipinski definition) is 2. The molecule has 0 bridgehead atoms. The third kappa shape index (κ3) is 4.19. The molecule has 144 valence electrons. The van der Waals surface area contributed by atoms with Gasteiger partial charge in [-0.15, -0.1) is 0 Å². The molecule has 0 spiro atoms. The number of hydrogen-bond acceptors (Lipinski definition) is 4. The van der Waals surface area contributed by atoms with Crippen molar-refractivity contribution in [3.63, 3.8) is 0 Å². The van der Waals surface area contributed by atoms with Gasteiger partial charge in [0.1, 0.15) is 11.4 Å². The average molecular weight is 371 g/mol. The van der Waals surface area contributed by atoms with Gasteiger partial charge in [-0.3, -0.25) is 24.5 Å². The Morgan fingerprint density at radius 3 is 2.52 bits per heavy atom. The van der Waals surface area contributed by atoms with Crippen LogP contribution in [0.25, 0.3) is 0 Å². The van der Waals surface area contributed by atoms with Gasteiger partial charge in [0, 0.05) is 5.56 Å². The summed E-state index contributed by atoms with van der Waals surface area (Å²) in [5.74, 6) is -0.711. The molecule has 0 aliphatic heterocycles. The lowest BCUT2D eigenvalue weighted by Gasteiger charge is -2.15. The number of rotatable bonds is 9. The molecule has 2 aromatic rings. The number of carbonyl (C=O) groups excluding carboxylic acids is 3. The van der Waals surface area contributed by atoms with Gasteiger partial charge in [-0.25, -0.2) is 0 Å². The summed E-state index contributed by atoms with van der Waals surface area (Å²) >= 11 is 0. The summed E-state index contributed by atoms with van der Waals surface area (Å²) in [5.41, 5.74) is 10.0. The van der Waals surface area contributed by atoms with E-state index in [0.29, 0.717) is 47.4 Å². The van der Waals surface area contributed by atoms with Crippen molar-refractivity contribution in [1.82, 2.24) is 4.68 Å². The first kappa shape index (κ1) is 20.2. The van der Waals surface area contributed by atoms with E-state index >= 15 is 0 Å². The Morgan fingerprint density at radius 1 is 1.22 bits per heavy atom. The Morgan fingerprint density at radius 2 is 1.93 bits per heavy atom. The molecule has 0 radical (unpaired) electrons. The topological polar surface area (TPSA) is 103 Å². The summed E-state index contributed by atoms with van der Waals surface area (Å²) in [4.78, 5) is 36.4. The molecule has 0 aliphatic rings. The van der Waals surface area contributed by atoms with Gasteiger partial charge in [0.25, 0.3) is 11.8 Å². The highest BCUT2D eigenvalue weighted by molar-refractivity contribution is 6.04. The monoisotopic (exact) mass is 371 g/mol. The number of aldehydes is 1. The second kappa shape index (κ2) is 9.02. The number of amides is 2. The van der Waals surface area contributed by atoms with Crippen LogP contribution in [-0.2, 0) is 6.42 Å². The fourth-order valence-electron chi connectivity index (χ4n) is 2.98. The number of benzene rings is 1. The van der Waals surface area contributed by atoms with Crippen molar-refractivity contribution in [2.75, 3.05) is 12.0 Å². The highest BCUT2D eigenvalue weighted by Crippen LogP contribution is 2.23. The Hall–Kier alpha value is -3.09. The lowest BCUT2D eigenvalue weighted by Crippen LogP contribution is -2.30. The van der Waals surface area contributed by atoms with Gasteiger partial charge < -0.3 is 10.5 Å². The van der Waals surface area contributed by atoms with E-state index < -0.39 is 11.8 Å². The molecular weight excluding hydrogens is 346 g/mol. The minimum absolute atomic E-state index is 0.0980. The first-order chi connectivity index (χ1) is 13.0. The van der Waals surface area contributed by atoms with E-state index in [-0.39, 0.29) is 5.69 Å². The van der Waals surface area contributed by atoms with Crippen molar-refractivity contribution in [2.24, 2.45) is 5.73 Å². The molecule has 7 heteroatoms. The summed E-state index contributed by atoms with van der Waals surface area (Å²) in [6.07, 6.45) is 2.74. The Bertz CT molecular complexity index is 855. The molecule has 0 saturated carbocycles. The van der Waals surface area contributed by atoms with Crippen molar-refractivity contribution < 1.29 is 19.1 Å². The largest absolute Gasteiger partial charge is 0.493 e. The zero-order valence-corrected chi connectivity index (χ0v) is 15.9. The van der Waals surface area contributed by atoms with Crippen LogP contribution in [0.5, 0.6) is 5.75 Å². The van der Waals surface area contributed by atoms with Gasteiger partial charge in [0.2, 0.25) is 0 Å². The van der Waals surface area contributed by atoms with E-state index in [1.54, 1.807) is 31.2 Å². The molecule has 2 rings (SSSR count). The number of nitrogens with two attached hydrogens (primary N) is 1. The van der Waals surface area contributed by atoms with E-state index in [2.05, 4.69) is 5.43 Å². The fourth-order valence-corrected chi connectivity index (χ4v) is 2.98. The molecule has 1 aromatic heterocycles. The van der Waals surface area contributed by atoms with Crippen LogP contribution in [0.3, 0.4) is 0 Å². The number of nitrogens with zero attached hydrogens (tertiary/aromatic N) is 1. The molecule has 0 saturated heterocycles. The normalized spacial score (nSPS) is 10.5. The summed E-state index contributed by atoms with van der Waals surface area (Å²) in [6.45, 7) is 6.04. The number of carbonyl (C=O) groups is 3. The van der Waals surface area contributed by atoms with E-state index in [1.807, 2.05) is 13.8 Å². The summed E-state index contributed by atoms with van der Waals surface area (Å²) in [5, 5.41) is 0. The molecule has 0 fully saturated rings. The molecular formula is C20H25N3O4. The number of primary amides is 1. The molecule has 0 atom stereocenters. The van der Waals surface area contributed by atoms with Crippen LogP contribution in [0.4, 0.5) is 0 Å². The van der Waals surface area contributed by atoms with Crippen LogP contribution < -0.4 is 15.9 Å². The van der Waals surface area contributed by atoms with Crippen LogP contribution >= 0.6 is 0 Å². The zero-order chi connectivity index (χ0) is 20.0. The molecule has 0 aliphatic carbocycles. The Kier molecular flexibility index (Phi) is 6.76. The minimum Gasteiger partial charge on any atom is -0.493 e. The number of nitrogens with one attached hydrogen (secondary N) is 1. The van der Waals surface area contributed by atoms with E-state index in [9.17, 15) is 14.4 Å². The van der Waals surface area contributed by atoms with Crippen LogP contribution in [-0.4, -0.2) is 29.4 Å². The van der Waals surface area contributed by atoms with Crippen LogP contribution in [0.15, 0.2) is 24.3 Å². The molecule has 7 nitrogen and oxygen atoms in total. The van der Waals surface area contributed by atoms with Crippen molar-refractivity contribution in [2.45, 2.75) is 40.0 Å².